The van der Waals surface area contributed by atoms with Gasteiger partial charge in [-0.3, -0.25) is 0 Å². The van der Waals surface area contributed by atoms with Crippen LogP contribution in [0.25, 0.3) is 0 Å². The molecule has 6 heteroatoms. The maximum Gasteiger partial charge on any atom is 0.246 e. The molecule has 1 aliphatic heterocycles. The number of sulfonamides is 1. The van der Waals surface area contributed by atoms with Crippen LogP contribution in [0.4, 0.5) is 4.39 Å². The van der Waals surface area contributed by atoms with Gasteiger partial charge in [0.2, 0.25) is 10.0 Å². The van der Waals surface area contributed by atoms with Gasteiger partial charge in [-0.2, -0.15) is 4.31 Å². The number of benzene rings is 1. The zero-order chi connectivity index (χ0) is 14.8. The molecule has 0 radical (unpaired) electrons. The lowest BCUT2D eigenvalue weighted by Crippen LogP contribution is -2.43. The van der Waals surface area contributed by atoms with Gasteiger partial charge in [0.25, 0.3) is 0 Å². The molecule has 1 atom stereocenters. The number of rotatable bonds is 4. The van der Waals surface area contributed by atoms with Crippen LogP contribution < -0.4 is 5.73 Å². The second kappa shape index (κ2) is 6.20. The highest BCUT2D eigenvalue weighted by molar-refractivity contribution is 7.89. The zero-order valence-electron chi connectivity index (χ0n) is 11.7. The van der Waals surface area contributed by atoms with Crippen LogP contribution >= 0.6 is 0 Å². The Bertz CT molecular complexity index is 575. The topological polar surface area (TPSA) is 63.4 Å². The SMILES string of the molecule is CCC1CCCCN1S(=O)(=O)c1cc(CN)ccc1F. The highest BCUT2D eigenvalue weighted by Gasteiger charge is 2.34. The fraction of sp³-hybridized carbons (Fsp3) is 0.571. The van der Waals surface area contributed by atoms with Gasteiger partial charge in [0.15, 0.2) is 0 Å². The maximum atomic E-state index is 13.9. The van der Waals surface area contributed by atoms with Crippen molar-refractivity contribution < 1.29 is 12.8 Å². The molecule has 0 saturated carbocycles. The number of halogens is 1. The van der Waals surface area contributed by atoms with E-state index in [0.717, 1.165) is 25.7 Å². The minimum atomic E-state index is -3.78. The molecule has 112 valence electrons. The average Bonchev–Trinajstić information content (AvgIpc) is 2.47. The Balaban J connectivity index is 2.43. The lowest BCUT2D eigenvalue weighted by Gasteiger charge is -2.34. The second-order valence-corrected chi connectivity index (χ2v) is 7.00. The summed E-state index contributed by atoms with van der Waals surface area (Å²) in [7, 11) is -3.78. The fourth-order valence-corrected chi connectivity index (χ4v) is 4.58. The molecule has 1 aromatic rings. The average molecular weight is 300 g/mol. The van der Waals surface area contributed by atoms with E-state index in [0.29, 0.717) is 12.1 Å². The van der Waals surface area contributed by atoms with Crippen molar-refractivity contribution >= 4 is 10.0 Å². The summed E-state index contributed by atoms with van der Waals surface area (Å²) in [5.41, 5.74) is 6.13. The standard InChI is InChI=1S/C14H21FN2O2S/c1-2-12-5-3-4-8-17(12)20(18,19)14-9-11(10-16)6-7-13(14)15/h6-7,9,12H,2-5,8,10,16H2,1H3. The zero-order valence-corrected chi connectivity index (χ0v) is 12.5. The Hall–Kier alpha value is -0.980. The molecule has 0 spiro atoms. The Morgan fingerprint density at radius 3 is 2.80 bits per heavy atom. The molecule has 4 nitrogen and oxygen atoms in total. The third kappa shape index (κ3) is 2.87. The second-order valence-electron chi connectivity index (χ2n) is 5.14. The molecule has 0 aromatic heterocycles. The van der Waals surface area contributed by atoms with Crippen molar-refractivity contribution in [1.29, 1.82) is 0 Å². The van der Waals surface area contributed by atoms with Gasteiger partial charge in [0.05, 0.1) is 0 Å². The first-order valence-electron chi connectivity index (χ1n) is 7.01. The van der Waals surface area contributed by atoms with Gasteiger partial charge in [-0.25, -0.2) is 12.8 Å². The lowest BCUT2D eigenvalue weighted by molar-refractivity contribution is 0.246. The highest BCUT2D eigenvalue weighted by atomic mass is 32.2. The van der Waals surface area contributed by atoms with E-state index < -0.39 is 15.8 Å². The molecule has 0 bridgehead atoms. The summed E-state index contributed by atoms with van der Waals surface area (Å²) in [6.45, 7) is 2.62. The minimum absolute atomic E-state index is 0.0327. The number of nitrogens with two attached hydrogens (primary N) is 1. The normalized spacial score (nSPS) is 21.1. The summed E-state index contributed by atoms with van der Waals surface area (Å²) in [5.74, 6) is -0.706. The van der Waals surface area contributed by atoms with Gasteiger partial charge >= 0.3 is 0 Å². The Morgan fingerprint density at radius 1 is 1.40 bits per heavy atom. The predicted octanol–water partition coefficient (Wildman–Crippen LogP) is 2.24. The Kier molecular flexibility index (Phi) is 4.78. The van der Waals surface area contributed by atoms with Crippen molar-refractivity contribution in [2.24, 2.45) is 5.73 Å². The van der Waals surface area contributed by atoms with Crippen molar-refractivity contribution in [2.75, 3.05) is 6.54 Å². The van der Waals surface area contributed by atoms with E-state index in [2.05, 4.69) is 0 Å². The van der Waals surface area contributed by atoms with Crippen LogP contribution in [0.3, 0.4) is 0 Å². The molecule has 0 aliphatic carbocycles. The molecule has 1 unspecified atom stereocenters. The molecule has 2 rings (SSSR count). The third-order valence-electron chi connectivity index (χ3n) is 3.86. The van der Waals surface area contributed by atoms with Gasteiger partial charge in [-0.15, -0.1) is 0 Å². The van der Waals surface area contributed by atoms with Crippen molar-refractivity contribution in [2.45, 2.75) is 50.1 Å². The Morgan fingerprint density at radius 2 is 2.15 bits per heavy atom. The molecule has 1 fully saturated rings. The van der Waals surface area contributed by atoms with Crippen molar-refractivity contribution in [3.8, 4) is 0 Å². The molecule has 1 aromatic carbocycles. The first-order chi connectivity index (χ1) is 9.50. The summed E-state index contributed by atoms with van der Waals surface area (Å²) in [5, 5.41) is 0. The highest BCUT2D eigenvalue weighted by Crippen LogP contribution is 2.28. The molecule has 1 aliphatic rings. The molecule has 1 saturated heterocycles. The summed E-state index contributed by atoms with van der Waals surface area (Å²) in [6.07, 6.45) is 3.44. The van der Waals surface area contributed by atoms with Crippen LogP contribution in [0.1, 0.15) is 38.2 Å². The molecule has 20 heavy (non-hydrogen) atoms. The smallest absolute Gasteiger partial charge is 0.246 e. The van der Waals surface area contributed by atoms with Crippen LogP contribution in [0.15, 0.2) is 23.1 Å². The van der Waals surface area contributed by atoms with E-state index in [1.165, 1.54) is 22.5 Å². The van der Waals surface area contributed by atoms with Crippen molar-refractivity contribution in [3.63, 3.8) is 0 Å². The quantitative estimate of drug-likeness (QED) is 0.927. The largest absolute Gasteiger partial charge is 0.326 e. The first kappa shape index (κ1) is 15.4. The van der Waals surface area contributed by atoms with E-state index in [1.54, 1.807) is 0 Å². The number of hydrogen-bond donors (Lipinski definition) is 1. The van der Waals surface area contributed by atoms with Crippen LogP contribution in [-0.4, -0.2) is 25.3 Å². The fourth-order valence-electron chi connectivity index (χ4n) is 2.70. The molecule has 0 amide bonds. The van der Waals surface area contributed by atoms with Gasteiger partial charge in [-0.1, -0.05) is 19.4 Å². The van der Waals surface area contributed by atoms with Gasteiger partial charge in [0.1, 0.15) is 10.7 Å². The number of hydrogen-bond acceptors (Lipinski definition) is 3. The molecule has 2 N–H and O–H groups in total. The van der Waals surface area contributed by atoms with Crippen molar-refractivity contribution in [3.05, 3.63) is 29.6 Å². The third-order valence-corrected chi connectivity index (χ3v) is 5.83. The molecular formula is C14H21FN2O2S. The lowest BCUT2D eigenvalue weighted by atomic mass is 10.0. The first-order valence-corrected chi connectivity index (χ1v) is 8.45. The summed E-state index contributed by atoms with van der Waals surface area (Å²) in [6, 6.07) is 4.02. The van der Waals surface area contributed by atoms with Gasteiger partial charge < -0.3 is 5.73 Å². The minimum Gasteiger partial charge on any atom is -0.326 e. The van der Waals surface area contributed by atoms with E-state index >= 15 is 0 Å². The van der Waals surface area contributed by atoms with Crippen LogP contribution in [0, 0.1) is 5.82 Å². The van der Waals surface area contributed by atoms with Crippen LogP contribution in [-0.2, 0) is 16.6 Å². The van der Waals surface area contributed by atoms with Crippen LogP contribution in [0.5, 0.6) is 0 Å². The molecule has 1 heterocycles. The molecular weight excluding hydrogens is 279 g/mol. The Labute approximate surface area is 119 Å². The van der Waals surface area contributed by atoms with Gasteiger partial charge in [-0.05, 0) is 37.0 Å². The summed E-state index contributed by atoms with van der Waals surface area (Å²) < 4.78 is 40.8. The number of piperidine rings is 1. The number of nitrogens with zero attached hydrogens (tertiary/aromatic N) is 1. The van der Waals surface area contributed by atoms with E-state index in [1.807, 2.05) is 6.92 Å². The van der Waals surface area contributed by atoms with Crippen LogP contribution in [0.2, 0.25) is 0 Å². The predicted molar refractivity (Wildman–Crippen MR) is 76.1 cm³/mol. The summed E-state index contributed by atoms with van der Waals surface area (Å²) in [4.78, 5) is -0.249. The van der Waals surface area contributed by atoms with E-state index in [4.69, 9.17) is 5.73 Å². The van der Waals surface area contributed by atoms with Gasteiger partial charge in [0, 0.05) is 19.1 Å². The summed E-state index contributed by atoms with van der Waals surface area (Å²) >= 11 is 0. The monoisotopic (exact) mass is 300 g/mol. The van der Waals surface area contributed by atoms with E-state index in [-0.39, 0.29) is 17.5 Å². The van der Waals surface area contributed by atoms with Crippen molar-refractivity contribution in [1.82, 2.24) is 4.31 Å². The van der Waals surface area contributed by atoms with E-state index in [9.17, 15) is 12.8 Å². The maximum absolute atomic E-state index is 13.9.